The fraction of sp³-hybridized carbons (Fsp3) is 0.333. The Morgan fingerprint density at radius 1 is 1.41 bits per heavy atom. The molecular formula is C9H11BrN2O4S. The third kappa shape index (κ3) is 4.06. The Kier molecular flexibility index (Phi) is 5.03. The summed E-state index contributed by atoms with van der Waals surface area (Å²) >= 11 is 3.18. The number of nitrogens with one attached hydrogen (secondary N) is 1. The number of nitrogens with zero attached hydrogens (tertiary/aromatic N) is 1. The molecule has 1 N–H and O–H groups in total. The first-order chi connectivity index (χ1) is 7.97. The van der Waals surface area contributed by atoms with Gasteiger partial charge < -0.3 is 0 Å². The first-order valence-corrected chi connectivity index (χ1v) is 7.38. The lowest BCUT2D eigenvalue weighted by Crippen LogP contribution is -2.25. The summed E-state index contributed by atoms with van der Waals surface area (Å²) in [5, 5.41) is 11.2. The van der Waals surface area contributed by atoms with Crippen LogP contribution in [0.25, 0.3) is 0 Å². The second kappa shape index (κ2) is 6.08. The molecule has 6 nitrogen and oxygen atoms in total. The SMILES string of the molecule is O=[N+]([O-])c1cccc(S(=O)(=O)NCCCBr)c1. The maximum absolute atomic E-state index is 11.7. The van der Waals surface area contributed by atoms with Crippen molar-refractivity contribution in [2.45, 2.75) is 11.3 Å². The van der Waals surface area contributed by atoms with Gasteiger partial charge in [-0.2, -0.15) is 0 Å². The molecule has 8 heteroatoms. The third-order valence-electron chi connectivity index (χ3n) is 1.94. The second-order valence-corrected chi connectivity index (χ2v) is 5.75. The average molecular weight is 323 g/mol. The van der Waals surface area contributed by atoms with Gasteiger partial charge in [-0.1, -0.05) is 22.0 Å². The highest BCUT2D eigenvalue weighted by Crippen LogP contribution is 2.16. The number of non-ortho nitro benzene ring substituents is 1. The fourth-order valence-corrected chi connectivity index (χ4v) is 2.51. The zero-order chi connectivity index (χ0) is 12.9. The minimum Gasteiger partial charge on any atom is -0.258 e. The standard InChI is InChI=1S/C9H11BrN2O4S/c10-5-2-6-11-17(15,16)9-4-1-3-8(7-9)12(13)14/h1,3-4,7,11H,2,5-6H2. The monoisotopic (exact) mass is 322 g/mol. The van der Waals surface area contributed by atoms with Crippen LogP contribution < -0.4 is 4.72 Å². The molecule has 0 fully saturated rings. The van der Waals surface area contributed by atoms with E-state index in [1.165, 1.54) is 18.2 Å². The number of sulfonamides is 1. The molecule has 0 aliphatic carbocycles. The quantitative estimate of drug-likeness (QED) is 0.373. The van der Waals surface area contributed by atoms with E-state index in [0.29, 0.717) is 11.8 Å². The van der Waals surface area contributed by atoms with Crippen LogP contribution in [-0.2, 0) is 10.0 Å². The van der Waals surface area contributed by atoms with Gasteiger partial charge in [0.25, 0.3) is 5.69 Å². The lowest BCUT2D eigenvalue weighted by atomic mass is 10.3. The molecule has 0 unspecified atom stereocenters. The van der Waals surface area contributed by atoms with Crippen LogP contribution in [0.2, 0.25) is 0 Å². The number of hydrogen-bond donors (Lipinski definition) is 1. The van der Waals surface area contributed by atoms with E-state index < -0.39 is 14.9 Å². The van der Waals surface area contributed by atoms with Crippen molar-refractivity contribution in [3.8, 4) is 0 Å². The van der Waals surface area contributed by atoms with Crippen LogP contribution in [0.3, 0.4) is 0 Å². The lowest BCUT2D eigenvalue weighted by molar-refractivity contribution is -0.385. The van der Waals surface area contributed by atoms with Crippen molar-refractivity contribution in [2.75, 3.05) is 11.9 Å². The highest BCUT2D eigenvalue weighted by atomic mass is 79.9. The molecule has 1 aromatic rings. The Bertz CT molecular complexity index is 503. The van der Waals surface area contributed by atoms with Crippen LogP contribution in [0.1, 0.15) is 6.42 Å². The number of benzene rings is 1. The van der Waals surface area contributed by atoms with Gasteiger partial charge in [-0.15, -0.1) is 0 Å². The molecule has 0 saturated heterocycles. The van der Waals surface area contributed by atoms with Crippen molar-refractivity contribution in [1.82, 2.24) is 4.72 Å². The second-order valence-electron chi connectivity index (χ2n) is 3.19. The van der Waals surface area contributed by atoms with Crippen LogP contribution in [0, 0.1) is 10.1 Å². The minimum absolute atomic E-state index is 0.0960. The predicted molar refractivity (Wildman–Crippen MR) is 66.7 cm³/mol. The molecule has 94 valence electrons. The molecule has 0 bridgehead atoms. The molecular weight excluding hydrogens is 312 g/mol. The maximum Gasteiger partial charge on any atom is 0.270 e. The zero-order valence-electron chi connectivity index (χ0n) is 8.80. The van der Waals surface area contributed by atoms with Crippen LogP contribution in [0.5, 0.6) is 0 Å². The van der Waals surface area contributed by atoms with Crippen molar-refractivity contribution in [3.63, 3.8) is 0 Å². The van der Waals surface area contributed by atoms with Crippen LogP contribution in [0.4, 0.5) is 5.69 Å². The van der Waals surface area contributed by atoms with E-state index in [-0.39, 0.29) is 17.1 Å². The van der Waals surface area contributed by atoms with Gasteiger partial charge >= 0.3 is 0 Å². The number of rotatable bonds is 6. The Hall–Kier alpha value is -0.990. The molecule has 1 aromatic carbocycles. The van der Waals surface area contributed by atoms with Crippen LogP contribution >= 0.6 is 15.9 Å². The Labute approximate surface area is 107 Å². The van der Waals surface area contributed by atoms with Gasteiger partial charge in [-0.05, 0) is 12.5 Å². The number of hydrogen-bond acceptors (Lipinski definition) is 4. The molecule has 0 amide bonds. The van der Waals surface area contributed by atoms with E-state index in [4.69, 9.17) is 0 Å². The van der Waals surface area contributed by atoms with Crippen molar-refractivity contribution in [3.05, 3.63) is 34.4 Å². The first-order valence-electron chi connectivity index (χ1n) is 4.77. The largest absolute Gasteiger partial charge is 0.270 e. The van der Waals surface area contributed by atoms with Crippen molar-refractivity contribution in [2.24, 2.45) is 0 Å². The van der Waals surface area contributed by atoms with Crippen molar-refractivity contribution in [1.29, 1.82) is 0 Å². The molecule has 0 aliphatic rings. The molecule has 0 heterocycles. The summed E-state index contributed by atoms with van der Waals surface area (Å²) in [7, 11) is -3.66. The fourth-order valence-electron chi connectivity index (χ4n) is 1.12. The Morgan fingerprint density at radius 3 is 2.71 bits per heavy atom. The van der Waals surface area contributed by atoms with E-state index in [0.717, 1.165) is 6.07 Å². The third-order valence-corrected chi connectivity index (χ3v) is 3.96. The Morgan fingerprint density at radius 2 is 2.12 bits per heavy atom. The summed E-state index contributed by atoms with van der Waals surface area (Å²) in [5.74, 6) is 0. The van der Waals surface area contributed by atoms with Gasteiger partial charge in [0, 0.05) is 24.0 Å². The molecule has 0 aliphatic heterocycles. The van der Waals surface area contributed by atoms with Crippen LogP contribution in [-0.4, -0.2) is 25.2 Å². The van der Waals surface area contributed by atoms with Gasteiger partial charge in [-0.3, -0.25) is 10.1 Å². The minimum atomic E-state index is -3.66. The van der Waals surface area contributed by atoms with Gasteiger partial charge in [0.2, 0.25) is 10.0 Å². The number of alkyl halides is 1. The summed E-state index contributed by atoms with van der Waals surface area (Å²) < 4.78 is 25.8. The van der Waals surface area contributed by atoms with E-state index in [9.17, 15) is 18.5 Å². The predicted octanol–water partition coefficient (Wildman–Crippen LogP) is 1.66. The van der Waals surface area contributed by atoms with Gasteiger partial charge in [0.15, 0.2) is 0 Å². The number of nitro groups is 1. The molecule has 0 saturated carbocycles. The average Bonchev–Trinajstić information content (AvgIpc) is 2.29. The molecule has 0 spiro atoms. The molecule has 0 atom stereocenters. The normalized spacial score (nSPS) is 11.4. The lowest BCUT2D eigenvalue weighted by Gasteiger charge is -2.05. The highest BCUT2D eigenvalue weighted by Gasteiger charge is 2.16. The topological polar surface area (TPSA) is 89.3 Å². The van der Waals surface area contributed by atoms with Gasteiger partial charge in [-0.25, -0.2) is 13.1 Å². The van der Waals surface area contributed by atoms with Crippen molar-refractivity contribution >= 4 is 31.6 Å². The Balaban J connectivity index is 2.91. The number of halogens is 1. The summed E-state index contributed by atoms with van der Waals surface area (Å²) in [4.78, 5) is 9.80. The van der Waals surface area contributed by atoms with E-state index in [1.807, 2.05) is 0 Å². The molecule has 0 aromatic heterocycles. The van der Waals surface area contributed by atoms with Crippen molar-refractivity contribution < 1.29 is 13.3 Å². The summed E-state index contributed by atoms with van der Waals surface area (Å²) in [6.45, 7) is 0.288. The van der Waals surface area contributed by atoms with E-state index >= 15 is 0 Å². The first kappa shape index (κ1) is 14.1. The van der Waals surface area contributed by atoms with Crippen LogP contribution in [0.15, 0.2) is 29.2 Å². The smallest absolute Gasteiger partial charge is 0.258 e. The summed E-state index contributed by atoms with van der Waals surface area (Å²) in [6.07, 6.45) is 0.647. The number of nitro benzene ring substituents is 1. The van der Waals surface area contributed by atoms with E-state index in [1.54, 1.807) is 0 Å². The molecule has 17 heavy (non-hydrogen) atoms. The highest BCUT2D eigenvalue weighted by molar-refractivity contribution is 9.09. The van der Waals surface area contributed by atoms with Gasteiger partial charge in [0.1, 0.15) is 0 Å². The van der Waals surface area contributed by atoms with E-state index in [2.05, 4.69) is 20.7 Å². The zero-order valence-corrected chi connectivity index (χ0v) is 11.2. The molecule has 1 rings (SSSR count). The summed E-state index contributed by atoms with van der Waals surface area (Å²) in [6, 6.07) is 4.95. The molecule has 0 radical (unpaired) electrons. The summed E-state index contributed by atoms with van der Waals surface area (Å²) in [5.41, 5.74) is -0.242. The maximum atomic E-state index is 11.7. The van der Waals surface area contributed by atoms with Gasteiger partial charge in [0.05, 0.1) is 9.82 Å².